The van der Waals surface area contributed by atoms with Gasteiger partial charge in [-0.15, -0.1) is 0 Å². The summed E-state index contributed by atoms with van der Waals surface area (Å²) in [6.45, 7) is -0.0787. The Balaban J connectivity index is 2.02. The molecule has 2 aromatic carbocycles. The van der Waals surface area contributed by atoms with Crippen LogP contribution in [0.3, 0.4) is 0 Å². The molecule has 0 radical (unpaired) electrons. The second kappa shape index (κ2) is 9.61. The number of carbonyl (C=O) groups excluding carboxylic acids is 1. The van der Waals surface area contributed by atoms with Gasteiger partial charge in [0.2, 0.25) is 0 Å². The van der Waals surface area contributed by atoms with E-state index in [9.17, 15) is 19.9 Å². The highest BCUT2D eigenvalue weighted by Crippen LogP contribution is 2.25. The molecule has 0 fully saturated rings. The zero-order valence-electron chi connectivity index (χ0n) is 15.7. The molecule has 0 aliphatic heterocycles. The number of hydrogen-bond acceptors (Lipinski definition) is 3. The molecule has 3 rings (SSSR count). The normalized spacial score (nSPS) is 11.7. The predicted molar refractivity (Wildman–Crippen MR) is 113 cm³/mol. The molecule has 0 spiro atoms. The molecule has 1 atom stereocenters. The fraction of sp³-hybridized carbons (Fsp3) is 0.136. The van der Waals surface area contributed by atoms with E-state index in [2.05, 4.69) is 0 Å². The molecule has 154 valence electrons. The maximum atomic E-state index is 13.4. The van der Waals surface area contributed by atoms with Crippen LogP contribution in [0.15, 0.2) is 73.1 Å². The van der Waals surface area contributed by atoms with Crippen molar-refractivity contribution in [3.8, 4) is 0 Å². The van der Waals surface area contributed by atoms with Crippen LogP contribution >= 0.6 is 23.2 Å². The van der Waals surface area contributed by atoms with E-state index in [1.54, 1.807) is 30.3 Å². The number of carboxylic acids is 1. The molecule has 6 nitrogen and oxygen atoms in total. The Morgan fingerprint density at radius 1 is 1.03 bits per heavy atom. The first kappa shape index (κ1) is 21.6. The Bertz CT molecular complexity index is 1060. The van der Waals surface area contributed by atoms with Gasteiger partial charge in [-0.25, -0.2) is 4.79 Å². The van der Waals surface area contributed by atoms with Crippen molar-refractivity contribution in [2.75, 3.05) is 0 Å². The molecule has 30 heavy (non-hydrogen) atoms. The van der Waals surface area contributed by atoms with E-state index in [1.807, 2.05) is 6.07 Å². The lowest BCUT2D eigenvalue weighted by atomic mass is 10.0. The minimum atomic E-state index is -1.17. The number of halogens is 2. The van der Waals surface area contributed by atoms with E-state index in [4.69, 9.17) is 23.2 Å². The predicted octanol–water partition coefficient (Wildman–Crippen LogP) is 3.97. The molecule has 0 bridgehead atoms. The number of rotatable bonds is 7. The van der Waals surface area contributed by atoms with Gasteiger partial charge in [0.15, 0.2) is 12.4 Å². The zero-order chi connectivity index (χ0) is 21.7. The van der Waals surface area contributed by atoms with Gasteiger partial charge in [-0.2, -0.15) is 4.73 Å². The summed E-state index contributed by atoms with van der Waals surface area (Å²) in [7, 11) is 0. The average Bonchev–Trinajstić information content (AvgIpc) is 2.71. The minimum Gasteiger partial charge on any atom is -0.619 e. The molecule has 0 aliphatic carbocycles. The summed E-state index contributed by atoms with van der Waals surface area (Å²) in [6, 6.07) is 15.4. The lowest BCUT2D eigenvalue weighted by molar-refractivity contribution is -0.605. The topological polar surface area (TPSA) is 84.6 Å². The van der Waals surface area contributed by atoms with Gasteiger partial charge in [-0.1, -0.05) is 53.5 Å². The molecule has 3 aromatic rings. The lowest BCUT2D eigenvalue weighted by Gasteiger charge is -2.29. The number of hydrogen-bond donors (Lipinski definition) is 1. The van der Waals surface area contributed by atoms with Crippen molar-refractivity contribution in [1.82, 2.24) is 4.90 Å². The van der Waals surface area contributed by atoms with Crippen LogP contribution in [0.4, 0.5) is 0 Å². The summed E-state index contributed by atoms with van der Waals surface area (Å²) in [4.78, 5) is 26.7. The standard InChI is InChI=1S/C22H18Cl2N2O4/c23-17-8-9-18(19(24)12-17)21(27)26(14-16-7-4-10-25(30)13-16)20(22(28)29)11-15-5-2-1-3-6-15/h1-10,12-13,20H,11,14H2,(H,28,29)/t20-/m0/s1. The number of amides is 1. The number of aliphatic carboxylic acids is 1. The number of aromatic nitrogens is 1. The maximum absolute atomic E-state index is 13.4. The van der Waals surface area contributed by atoms with Crippen LogP contribution < -0.4 is 4.73 Å². The minimum absolute atomic E-state index is 0.0787. The highest BCUT2D eigenvalue weighted by atomic mass is 35.5. The van der Waals surface area contributed by atoms with Gasteiger partial charge < -0.3 is 15.2 Å². The monoisotopic (exact) mass is 444 g/mol. The van der Waals surface area contributed by atoms with Gasteiger partial charge in [0.1, 0.15) is 6.04 Å². The van der Waals surface area contributed by atoms with Crippen molar-refractivity contribution in [3.05, 3.63) is 105 Å². The van der Waals surface area contributed by atoms with Crippen LogP contribution in [0.5, 0.6) is 0 Å². The third kappa shape index (κ3) is 5.28. The number of carboxylic acid groups (broad SMARTS) is 1. The van der Waals surface area contributed by atoms with Gasteiger partial charge in [0, 0.05) is 23.1 Å². The molecular weight excluding hydrogens is 427 g/mol. The number of carbonyl (C=O) groups is 2. The summed E-state index contributed by atoms with van der Waals surface area (Å²) in [5, 5.41) is 22.1. The number of pyridine rings is 1. The van der Waals surface area contributed by atoms with Crippen molar-refractivity contribution in [2.24, 2.45) is 0 Å². The van der Waals surface area contributed by atoms with Crippen molar-refractivity contribution < 1.29 is 19.4 Å². The first-order valence-corrected chi connectivity index (χ1v) is 9.81. The molecule has 8 heteroatoms. The van der Waals surface area contributed by atoms with Crippen LogP contribution in [-0.2, 0) is 17.8 Å². The quantitative estimate of drug-likeness (QED) is 0.441. The van der Waals surface area contributed by atoms with Gasteiger partial charge in [-0.3, -0.25) is 4.79 Å². The van der Waals surface area contributed by atoms with E-state index in [0.717, 1.165) is 5.56 Å². The molecule has 1 N–H and O–H groups in total. The van der Waals surface area contributed by atoms with E-state index in [0.29, 0.717) is 15.3 Å². The highest BCUT2D eigenvalue weighted by Gasteiger charge is 2.32. The number of nitrogens with zero attached hydrogens (tertiary/aromatic N) is 2. The Labute approximate surface area is 183 Å². The van der Waals surface area contributed by atoms with Gasteiger partial charge in [-0.05, 0) is 29.8 Å². The molecular formula is C22H18Cl2N2O4. The van der Waals surface area contributed by atoms with Crippen LogP contribution in [0.1, 0.15) is 21.5 Å². The lowest BCUT2D eigenvalue weighted by Crippen LogP contribution is -2.46. The Hall–Kier alpha value is -3.09. The highest BCUT2D eigenvalue weighted by molar-refractivity contribution is 6.36. The molecule has 0 aliphatic rings. The van der Waals surface area contributed by atoms with E-state index in [-0.39, 0.29) is 23.6 Å². The molecule has 0 unspecified atom stereocenters. The summed E-state index contributed by atoms with van der Waals surface area (Å²) in [5.41, 5.74) is 1.38. The molecule has 1 heterocycles. The summed E-state index contributed by atoms with van der Waals surface area (Å²) >= 11 is 12.1. The van der Waals surface area contributed by atoms with Crippen molar-refractivity contribution in [1.29, 1.82) is 0 Å². The Morgan fingerprint density at radius 2 is 1.73 bits per heavy atom. The van der Waals surface area contributed by atoms with Crippen LogP contribution in [0.2, 0.25) is 10.0 Å². The summed E-state index contributed by atoms with van der Waals surface area (Å²) < 4.78 is 0.597. The fourth-order valence-electron chi connectivity index (χ4n) is 3.10. The SMILES string of the molecule is O=C(O)[C@H](Cc1ccccc1)N(Cc1ccc[n+]([O-])c1)C(=O)c1ccc(Cl)cc1Cl. The molecule has 1 aromatic heterocycles. The third-order valence-electron chi connectivity index (χ3n) is 4.54. The second-order valence-electron chi connectivity index (χ2n) is 6.67. The van der Waals surface area contributed by atoms with Crippen molar-refractivity contribution in [2.45, 2.75) is 19.0 Å². The Kier molecular flexibility index (Phi) is 6.92. The molecule has 0 saturated carbocycles. The van der Waals surface area contributed by atoms with Crippen LogP contribution in [-0.4, -0.2) is 27.9 Å². The maximum Gasteiger partial charge on any atom is 0.326 e. The molecule has 1 amide bonds. The first-order valence-electron chi connectivity index (χ1n) is 9.05. The van der Waals surface area contributed by atoms with Crippen LogP contribution in [0, 0.1) is 5.21 Å². The van der Waals surface area contributed by atoms with Crippen molar-refractivity contribution in [3.63, 3.8) is 0 Å². The van der Waals surface area contributed by atoms with Gasteiger partial charge in [0.25, 0.3) is 5.91 Å². The largest absolute Gasteiger partial charge is 0.619 e. The fourth-order valence-corrected chi connectivity index (χ4v) is 3.59. The second-order valence-corrected chi connectivity index (χ2v) is 7.52. The van der Waals surface area contributed by atoms with Gasteiger partial charge in [0.05, 0.1) is 17.1 Å². The smallest absolute Gasteiger partial charge is 0.326 e. The molecule has 0 saturated heterocycles. The average molecular weight is 445 g/mol. The van der Waals surface area contributed by atoms with E-state index in [1.165, 1.54) is 41.6 Å². The van der Waals surface area contributed by atoms with Crippen LogP contribution in [0.25, 0.3) is 0 Å². The zero-order valence-corrected chi connectivity index (χ0v) is 17.3. The summed E-state index contributed by atoms with van der Waals surface area (Å²) in [6.07, 6.45) is 2.70. The number of benzene rings is 2. The first-order chi connectivity index (χ1) is 14.3. The van der Waals surface area contributed by atoms with Gasteiger partial charge >= 0.3 is 5.97 Å². The van der Waals surface area contributed by atoms with E-state index < -0.39 is 17.9 Å². The van der Waals surface area contributed by atoms with E-state index >= 15 is 0 Å². The Morgan fingerprint density at radius 3 is 2.37 bits per heavy atom. The van der Waals surface area contributed by atoms with Crippen molar-refractivity contribution >= 4 is 35.1 Å². The third-order valence-corrected chi connectivity index (χ3v) is 5.09. The summed E-state index contributed by atoms with van der Waals surface area (Å²) in [5.74, 6) is -1.73.